The predicted octanol–water partition coefficient (Wildman–Crippen LogP) is 1.16. The van der Waals surface area contributed by atoms with Gasteiger partial charge in [-0.1, -0.05) is 19.4 Å². The van der Waals surface area contributed by atoms with Gasteiger partial charge < -0.3 is 15.4 Å². The third-order valence-corrected chi connectivity index (χ3v) is 2.46. The van der Waals surface area contributed by atoms with Crippen LogP contribution in [0.1, 0.15) is 26.7 Å². The average Bonchev–Trinajstić information content (AvgIpc) is 2.23. The van der Waals surface area contributed by atoms with Crippen LogP contribution in [0.5, 0.6) is 0 Å². The number of carbonyl (C=O) groups is 1. The molecule has 0 bridgehead atoms. The topological polar surface area (TPSA) is 55.6 Å². The molecule has 0 aromatic rings. The maximum atomic E-state index is 12.1. The molecule has 0 saturated carbocycles. The highest BCUT2D eigenvalue weighted by molar-refractivity contribution is 5.85. The highest BCUT2D eigenvalue weighted by atomic mass is 16.5. The molecule has 1 amide bonds. The molecule has 1 atom stereocenters. The Hall–Kier alpha value is -0.870. The zero-order valence-electron chi connectivity index (χ0n) is 10.7. The molecule has 4 nitrogen and oxygen atoms in total. The largest absolute Gasteiger partial charge is 0.383 e. The number of methoxy groups -OCH3 is 1. The van der Waals surface area contributed by atoms with Gasteiger partial charge in [-0.3, -0.25) is 4.79 Å². The minimum Gasteiger partial charge on any atom is -0.383 e. The van der Waals surface area contributed by atoms with Crippen molar-refractivity contribution in [1.82, 2.24) is 4.90 Å². The molecule has 0 saturated heterocycles. The lowest BCUT2D eigenvalue weighted by atomic mass is 9.95. The van der Waals surface area contributed by atoms with Crippen LogP contribution in [0.25, 0.3) is 0 Å². The second-order valence-corrected chi connectivity index (χ2v) is 4.20. The Bertz CT molecular complexity index is 227. The summed E-state index contributed by atoms with van der Waals surface area (Å²) >= 11 is 0. The fourth-order valence-corrected chi connectivity index (χ4v) is 1.62. The molecule has 0 heterocycles. The monoisotopic (exact) mass is 228 g/mol. The van der Waals surface area contributed by atoms with E-state index in [1.165, 1.54) is 0 Å². The number of hydrogen-bond donors (Lipinski definition) is 1. The van der Waals surface area contributed by atoms with Gasteiger partial charge >= 0.3 is 0 Å². The van der Waals surface area contributed by atoms with E-state index in [4.69, 9.17) is 10.5 Å². The van der Waals surface area contributed by atoms with E-state index in [2.05, 4.69) is 6.58 Å². The van der Waals surface area contributed by atoms with Crippen LogP contribution in [0.3, 0.4) is 0 Å². The molecule has 94 valence electrons. The second-order valence-electron chi connectivity index (χ2n) is 4.20. The Balaban J connectivity index is 4.51. The molecule has 0 spiro atoms. The summed E-state index contributed by atoms with van der Waals surface area (Å²) in [6.45, 7) is 9.02. The van der Waals surface area contributed by atoms with E-state index in [0.29, 0.717) is 26.1 Å². The van der Waals surface area contributed by atoms with Crippen molar-refractivity contribution in [2.75, 3.05) is 26.8 Å². The molecule has 0 aliphatic rings. The van der Waals surface area contributed by atoms with Crippen molar-refractivity contribution in [1.29, 1.82) is 0 Å². The standard InChI is InChI=1S/C12H24N2O2/c1-5-7-12(3,13)11(15)14(8-6-2)9-10-16-4/h6H,2,5,7-10,13H2,1,3-4H3. The average molecular weight is 228 g/mol. The summed E-state index contributed by atoms with van der Waals surface area (Å²) in [7, 11) is 1.62. The summed E-state index contributed by atoms with van der Waals surface area (Å²) in [5.74, 6) is -0.0358. The van der Waals surface area contributed by atoms with Crippen LogP contribution in [-0.2, 0) is 9.53 Å². The normalized spacial score (nSPS) is 14.2. The van der Waals surface area contributed by atoms with Gasteiger partial charge in [-0.05, 0) is 13.3 Å². The van der Waals surface area contributed by atoms with Gasteiger partial charge in [0.2, 0.25) is 5.91 Å². The Kier molecular flexibility index (Phi) is 7.01. The molecule has 16 heavy (non-hydrogen) atoms. The van der Waals surface area contributed by atoms with Crippen molar-refractivity contribution in [3.63, 3.8) is 0 Å². The van der Waals surface area contributed by atoms with Gasteiger partial charge in [0.15, 0.2) is 0 Å². The Morgan fingerprint density at radius 1 is 1.62 bits per heavy atom. The predicted molar refractivity (Wildman–Crippen MR) is 66.2 cm³/mol. The zero-order chi connectivity index (χ0) is 12.6. The maximum Gasteiger partial charge on any atom is 0.242 e. The third kappa shape index (κ3) is 4.77. The molecular weight excluding hydrogens is 204 g/mol. The molecule has 0 fully saturated rings. The molecule has 0 aromatic heterocycles. The quantitative estimate of drug-likeness (QED) is 0.634. The first-order chi connectivity index (χ1) is 7.49. The number of amides is 1. The first-order valence-electron chi connectivity index (χ1n) is 5.67. The van der Waals surface area contributed by atoms with E-state index in [0.717, 1.165) is 6.42 Å². The molecule has 0 aliphatic heterocycles. The van der Waals surface area contributed by atoms with E-state index in [1.54, 1.807) is 25.0 Å². The second kappa shape index (κ2) is 7.41. The maximum absolute atomic E-state index is 12.1. The van der Waals surface area contributed by atoms with Crippen molar-refractivity contribution in [3.05, 3.63) is 12.7 Å². The molecule has 1 unspecified atom stereocenters. The van der Waals surface area contributed by atoms with Crippen LogP contribution in [0, 0.1) is 0 Å². The van der Waals surface area contributed by atoms with Crippen LogP contribution >= 0.6 is 0 Å². The minimum absolute atomic E-state index is 0.0358. The number of rotatable bonds is 8. The van der Waals surface area contributed by atoms with Gasteiger partial charge in [0, 0.05) is 20.2 Å². The van der Waals surface area contributed by atoms with Gasteiger partial charge in [-0.2, -0.15) is 0 Å². The number of hydrogen-bond acceptors (Lipinski definition) is 3. The third-order valence-electron chi connectivity index (χ3n) is 2.46. The summed E-state index contributed by atoms with van der Waals surface area (Å²) < 4.78 is 4.97. The minimum atomic E-state index is -0.786. The first-order valence-corrected chi connectivity index (χ1v) is 5.67. The highest BCUT2D eigenvalue weighted by Gasteiger charge is 2.30. The summed E-state index contributed by atoms with van der Waals surface area (Å²) in [5, 5.41) is 0. The molecule has 4 heteroatoms. The number of ether oxygens (including phenoxy) is 1. The smallest absolute Gasteiger partial charge is 0.242 e. The summed E-state index contributed by atoms with van der Waals surface area (Å²) in [5.41, 5.74) is 5.22. The highest BCUT2D eigenvalue weighted by Crippen LogP contribution is 2.12. The van der Waals surface area contributed by atoms with Crippen molar-refractivity contribution in [2.24, 2.45) is 5.73 Å². The van der Waals surface area contributed by atoms with E-state index in [-0.39, 0.29) is 5.91 Å². The van der Waals surface area contributed by atoms with Crippen LogP contribution in [0.4, 0.5) is 0 Å². The fraction of sp³-hybridized carbons (Fsp3) is 0.750. The van der Waals surface area contributed by atoms with E-state index in [9.17, 15) is 4.79 Å². The zero-order valence-corrected chi connectivity index (χ0v) is 10.7. The molecule has 2 N–H and O–H groups in total. The lowest BCUT2D eigenvalue weighted by Crippen LogP contribution is -2.53. The van der Waals surface area contributed by atoms with E-state index in [1.807, 2.05) is 6.92 Å². The molecular formula is C12H24N2O2. The first kappa shape index (κ1) is 15.1. The van der Waals surface area contributed by atoms with Crippen LogP contribution in [-0.4, -0.2) is 43.2 Å². The van der Waals surface area contributed by atoms with Gasteiger partial charge in [0.05, 0.1) is 12.1 Å². The van der Waals surface area contributed by atoms with Gasteiger partial charge in [-0.15, -0.1) is 6.58 Å². The Labute approximate surface area is 98.4 Å². The van der Waals surface area contributed by atoms with Crippen LogP contribution in [0.15, 0.2) is 12.7 Å². The summed E-state index contributed by atoms with van der Waals surface area (Å²) in [4.78, 5) is 13.8. The lowest BCUT2D eigenvalue weighted by Gasteiger charge is -2.30. The Morgan fingerprint density at radius 3 is 2.69 bits per heavy atom. The van der Waals surface area contributed by atoms with Gasteiger partial charge in [0.1, 0.15) is 0 Å². The van der Waals surface area contributed by atoms with Gasteiger partial charge in [0.25, 0.3) is 0 Å². The van der Waals surface area contributed by atoms with Crippen LogP contribution < -0.4 is 5.73 Å². The van der Waals surface area contributed by atoms with E-state index < -0.39 is 5.54 Å². The number of nitrogens with two attached hydrogens (primary N) is 1. The van der Waals surface area contributed by atoms with Crippen molar-refractivity contribution < 1.29 is 9.53 Å². The van der Waals surface area contributed by atoms with Crippen molar-refractivity contribution in [2.45, 2.75) is 32.2 Å². The van der Waals surface area contributed by atoms with Gasteiger partial charge in [-0.25, -0.2) is 0 Å². The SMILES string of the molecule is C=CCN(CCOC)C(=O)C(C)(N)CCC. The molecule has 0 aliphatic carbocycles. The van der Waals surface area contributed by atoms with Crippen LogP contribution in [0.2, 0.25) is 0 Å². The number of carbonyl (C=O) groups excluding carboxylic acids is 1. The Morgan fingerprint density at radius 2 is 2.25 bits per heavy atom. The molecule has 0 rings (SSSR count). The molecule has 0 aromatic carbocycles. The summed E-state index contributed by atoms with van der Waals surface area (Å²) in [6.07, 6.45) is 3.28. The number of nitrogens with zero attached hydrogens (tertiary/aromatic N) is 1. The lowest BCUT2D eigenvalue weighted by molar-refractivity contribution is -0.136. The van der Waals surface area contributed by atoms with Crippen molar-refractivity contribution >= 4 is 5.91 Å². The van der Waals surface area contributed by atoms with Crippen molar-refractivity contribution in [3.8, 4) is 0 Å². The fourth-order valence-electron chi connectivity index (χ4n) is 1.62. The van der Waals surface area contributed by atoms with E-state index >= 15 is 0 Å². The molecule has 0 radical (unpaired) electrons. The summed E-state index contributed by atoms with van der Waals surface area (Å²) in [6, 6.07) is 0.